The first-order chi connectivity index (χ1) is 11.9. The highest BCUT2D eigenvalue weighted by atomic mass is 35.5. The first-order valence-electron chi connectivity index (χ1n) is 7.67. The van der Waals surface area contributed by atoms with Gasteiger partial charge < -0.3 is 10.1 Å². The Balaban J connectivity index is 1.92. The van der Waals surface area contributed by atoms with Crippen LogP contribution in [0.4, 0.5) is 0 Å². The summed E-state index contributed by atoms with van der Waals surface area (Å²) in [5, 5.41) is 3.16. The monoisotopic (exact) mass is 379 g/mol. The Morgan fingerprint density at radius 1 is 1.20 bits per heavy atom. The van der Waals surface area contributed by atoms with Crippen LogP contribution in [0, 0.1) is 0 Å². The average Bonchev–Trinajstić information content (AvgIpc) is 3.03. The molecule has 1 aromatic carbocycles. The molecule has 5 nitrogen and oxygen atoms in total. The van der Waals surface area contributed by atoms with E-state index in [9.17, 15) is 14.4 Å². The van der Waals surface area contributed by atoms with E-state index in [0.717, 1.165) is 4.88 Å². The Labute approximate surface area is 154 Å². The molecular weight excluding hydrogens is 362 g/mol. The quantitative estimate of drug-likeness (QED) is 0.591. The zero-order valence-corrected chi connectivity index (χ0v) is 15.4. The lowest BCUT2D eigenvalue weighted by atomic mass is 10.1. The second-order valence-electron chi connectivity index (χ2n) is 5.44. The normalized spacial score (nSPS) is 11.6. The number of halogens is 1. The number of Topliss-reactive ketones (excluding diaryl/α,β-unsaturated/α-hetero) is 1. The minimum Gasteiger partial charge on any atom is -0.454 e. The van der Waals surface area contributed by atoms with Crippen LogP contribution in [0.3, 0.4) is 0 Å². The summed E-state index contributed by atoms with van der Waals surface area (Å²) >= 11 is 7.28. The molecule has 2 aromatic rings. The average molecular weight is 380 g/mol. The highest BCUT2D eigenvalue weighted by Gasteiger charge is 2.21. The van der Waals surface area contributed by atoms with Gasteiger partial charge in [0.1, 0.15) is 0 Å². The summed E-state index contributed by atoms with van der Waals surface area (Å²) in [5.74, 6) is -0.918. The first kappa shape index (κ1) is 19.1. The van der Waals surface area contributed by atoms with Crippen molar-refractivity contribution in [3.8, 4) is 0 Å². The molecule has 132 valence electrons. The SMILES string of the molecule is CC(=O)NCc1ccc(C(=O)C(C)OC(=O)Cc2ccccc2Cl)s1. The molecule has 1 heterocycles. The largest absolute Gasteiger partial charge is 0.454 e. The molecule has 1 aromatic heterocycles. The first-order valence-corrected chi connectivity index (χ1v) is 8.86. The van der Waals surface area contributed by atoms with E-state index in [2.05, 4.69) is 5.32 Å². The number of esters is 1. The number of carbonyl (C=O) groups is 3. The second kappa shape index (κ2) is 8.78. The highest BCUT2D eigenvalue weighted by Crippen LogP contribution is 2.20. The molecule has 0 spiro atoms. The molecule has 0 aliphatic rings. The molecule has 0 radical (unpaired) electrons. The van der Waals surface area contributed by atoms with Gasteiger partial charge in [0.25, 0.3) is 0 Å². The van der Waals surface area contributed by atoms with Crippen LogP contribution in [0.2, 0.25) is 5.02 Å². The van der Waals surface area contributed by atoms with Crippen molar-refractivity contribution >= 4 is 40.6 Å². The van der Waals surface area contributed by atoms with E-state index in [0.29, 0.717) is 22.0 Å². The Morgan fingerprint density at radius 3 is 2.60 bits per heavy atom. The highest BCUT2D eigenvalue weighted by molar-refractivity contribution is 7.14. The molecular formula is C18H18ClNO4S. The number of ketones is 1. The van der Waals surface area contributed by atoms with Gasteiger partial charge >= 0.3 is 5.97 Å². The summed E-state index contributed by atoms with van der Waals surface area (Å²) in [6.07, 6.45) is -0.877. The smallest absolute Gasteiger partial charge is 0.311 e. The van der Waals surface area contributed by atoms with Crippen LogP contribution >= 0.6 is 22.9 Å². The lowest BCUT2D eigenvalue weighted by Crippen LogP contribution is -2.24. The van der Waals surface area contributed by atoms with Crippen molar-refractivity contribution in [1.29, 1.82) is 0 Å². The lowest BCUT2D eigenvalue weighted by Gasteiger charge is -2.11. The van der Waals surface area contributed by atoms with Gasteiger partial charge in [-0.25, -0.2) is 0 Å². The lowest BCUT2D eigenvalue weighted by molar-refractivity contribution is -0.145. The number of amides is 1. The van der Waals surface area contributed by atoms with Crippen molar-refractivity contribution in [2.75, 3.05) is 0 Å². The summed E-state index contributed by atoms with van der Waals surface area (Å²) in [6.45, 7) is 3.34. The van der Waals surface area contributed by atoms with E-state index in [-0.39, 0.29) is 18.1 Å². The molecule has 25 heavy (non-hydrogen) atoms. The second-order valence-corrected chi connectivity index (χ2v) is 7.02. The number of ether oxygens (including phenoxy) is 1. The van der Waals surface area contributed by atoms with E-state index in [1.54, 1.807) is 43.3 Å². The van der Waals surface area contributed by atoms with Crippen LogP contribution in [0.5, 0.6) is 0 Å². The number of hydrogen-bond donors (Lipinski definition) is 1. The third-order valence-electron chi connectivity index (χ3n) is 3.39. The Bertz CT molecular complexity index is 787. The van der Waals surface area contributed by atoms with Gasteiger partial charge in [0, 0.05) is 16.8 Å². The summed E-state index contributed by atoms with van der Waals surface area (Å²) in [6, 6.07) is 10.4. The molecule has 0 aliphatic carbocycles. The van der Waals surface area contributed by atoms with Gasteiger partial charge in [-0.1, -0.05) is 29.8 Å². The van der Waals surface area contributed by atoms with Crippen molar-refractivity contribution in [3.63, 3.8) is 0 Å². The Hall–Kier alpha value is -2.18. The van der Waals surface area contributed by atoms with Crippen molar-refractivity contribution < 1.29 is 19.1 Å². The molecule has 1 unspecified atom stereocenters. The molecule has 2 rings (SSSR count). The number of carbonyl (C=O) groups excluding carboxylic acids is 3. The number of nitrogens with one attached hydrogen (secondary N) is 1. The topological polar surface area (TPSA) is 72.5 Å². The van der Waals surface area contributed by atoms with Gasteiger partial charge in [0.05, 0.1) is 17.8 Å². The number of thiophene rings is 1. The Morgan fingerprint density at radius 2 is 1.92 bits per heavy atom. The fourth-order valence-corrected chi connectivity index (χ4v) is 3.27. The molecule has 0 bridgehead atoms. The van der Waals surface area contributed by atoms with Gasteiger partial charge in [-0.15, -0.1) is 11.3 Å². The van der Waals surface area contributed by atoms with E-state index in [1.165, 1.54) is 18.3 Å². The maximum Gasteiger partial charge on any atom is 0.311 e. The van der Waals surface area contributed by atoms with Gasteiger partial charge in [-0.05, 0) is 30.7 Å². The summed E-state index contributed by atoms with van der Waals surface area (Å²) in [7, 11) is 0. The van der Waals surface area contributed by atoms with Crippen LogP contribution in [0.15, 0.2) is 36.4 Å². The van der Waals surface area contributed by atoms with Gasteiger partial charge in [-0.3, -0.25) is 14.4 Å². The van der Waals surface area contributed by atoms with E-state index in [1.807, 2.05) is 0 Å². The molecule has 0 fully saturated rings. The maximum atomic E-state index is 12.4. The minimum atomic E-state index is -0.887. The van der Waals surface area contributed by atoms with Crippen molar-refractivity contribution in [2.45, 2.75) is 32.9 Å². The van der Waals surface area contributed by atoms with E-state index < -0.39 is 12.1 Å². The molecule has 0 saturated carbocycles. The van der Waals surface area contributed by atoms with Crippen LogP contribution in [0.25, 0.3) is 0 Å². The van der Waals surface area contributed by atoms with Crippen LogP contribution < -0.4 is 5.32 Å². The van der Waals surface area contributed by atoms with Crippen molar-refractivity contribution in [2.24, 2.45) is 0 Å². The van der Waals surface area contributed by atoms with Crippen molar-refractivity contribution in [3.05, 3.63) is 56.7 Å². The van der Waals surface area contributed by atoms with E-state index in [4.69, 9.17) is 16.3 Å². The van der Waals surface area contributed by atoms with Gasteiger partial charge in [0.15, 0.2) is 6.10 Å². The molecule has 7 heteroatoms. The third-order valence-corrected chi connectivity index (χ3v) is 4.85. The molecule has 0 aliphatic heterocycles. The Kier molecular flexibility index (Phi) is 6.73. The maximum absolute atomic E-state index is 12.4. The van der Waals surface area contributed by atoms with Crippen LogP contribution in [-0.4, -0.2) is 23.8 Å². The van der Waals surface area contributed by atoms with Gasteiger partial charge in [-0.2, -0.15) is 0 Å². The summed E-state index contributed by atoms with van der Waals surface area (Å²) in [5.41, 5.74) is 0.655. The molecule has 1 amide bonds. The summed E-state index contributed by atoms with van der Waals surface area (Å²) < 4.78 is 5.22. The molecule has 0 saturated heterocycles. The van der Waals surface area contributed by atoms with Crippen LogP contribution in [0.1, 0.15) is 34.0 Å². The third kappa shape index (κ3) is 5.69. The molecule has 1 atom stereocenters. The number of rotatable bonds is 7. The summed E-state index contributed by atoms with van der Waals surface area (Å²) in [4.78, 5) is 36.6. The number of hydrogen-bond acceptors (Lipinski definition) is 5. The zero-order valence-electron chi connectivity index (χ0n) is 13.9. The standard InChI is InChI=1S/C18H18ClNO4S/c1-11(24-17(22)9-13-5-3-4-6-15(13)19)18(23)16-8-7-14(25-16)10-20-12(2)21/h3-8,11H,9-10H2,1-2H3,(H,20,21). The van der Waals surface area contributed by atoms with E-state index >= 15 is 0 Å². The predicted molar refractivity (Wildman–Crippen MR) is 96.9 cm³/mol. The van der Waals surface area contributed by atoms with Crippen molar-refractivity contribution in [1.82, 2.24) is 5.32 Å². The fourth-order valence-electron chi connectivity index (χ4n) is 2.11. The minimum absolute atomic E-state index is 0.00944. The number of benzene rings is 1. The predicted octanol–water partition coefficient (Wildman–Crippen LogP) is 3.39. The van der Waals surface area contributed by atoms with Crippen LogP contribution in [-0.2, 0) is 27.3 Å². The fraction of sp³-hybridized carbons (Fsp3) is 0.278. The van der Waals surface area contributed by atoms with Gasteiger partial charge in [0.2, 0.25) is 11.7 Å². The molecule has 1 N–H and O–H groups in total. The zero-order chi connectivity index (χ0) is 18.4.